The van der Waals surface area contributed by atoms with Gasteiger partial charge in [-0.05, 0) is 38.5 Å². The Balaban J connectivity index is 1.85. The smallest absolute Gasteiger partial charge is 0.163 e. The minimum atomic E-state index is -0.576. The molecule has 2 aromatic heterocycles. The fourth-order valence-corrected chi connectivity index (χ4v) is 2.83. The third-order valence-corrected chi connectivity index (χ3v) is 4.32. The number of pyridine rings is 1. The van der Waals surface area contributed by atoms with Crippen LogP contribution >= 0.6 is 0 Å². The van der Waals surface area contributed by atoms with E-state index in [0.717, 1.165) is 29.2 Å². The average Bonchev–Trinajstić information content (AvgIpc) is 2.66. The normalized spacial score (nSPS) is 12.0. The third-order valence-electron chi connectivity index (χ3n) is 4.32. The second-order valence-electron chi connectivity index (χ2n) is 6.40. The van der Waals surface area contributed by atoms with Crippen LogP contribution in [0.1, 0.15) is 29.8 Å². The van der Waals surface area contributed by atoms with Crippen molar-refractivity contribution < 1.29 is 5.11 Å². The fourth-order valence-electron chi connectivity index (χ4n) is 2.83. The van der Waals surface area contributed by atoms with E-state index in [2.05, 4.69) is 21.8 Å². The Hall–Kier alpha value is -2.79. The van der Waals surface area contributed by atoms with Crippen molar-refractivity contribution in [2.75, 3.05) is 18.0 Å². The zero-order valence-corrected chi connectivity index (χ0v) is 15.4. The lowest BCUT2D eigenvalue weighted by Crippen LogP contribution is -2.29. The van der Waals surface area contributed by atoms with Gasteiger partial charge in [-0.2, -0.15) is 0 Å². The molecule has 1 unspecified atom stereocenters. The molecular weight excluding hydrogens is 324 g/mol. The Morgan fingerprint density at radius 3 is 2.50 bits per heavy atom. The summed E-state index contributed by atoms with van der Waals surface area (Å²) in [4.78, 5) is 15.4. The van der Waals surface area contributed by atoms with Crippen molar-refractivity contribution in [3.05, 3.63) is 71.7 Å². The zero-order chi connectivity index (χ0) is 18.5. The van der Waals surface area contributed by atoms with Crippen molar-refractivity contribution in [3.8, 4) is 11.4 Å². The van der Waals surface area contributed by atoms with E-state index < -0.39 is 6.10 Å². The van der Waals surface area contributed by atoms with Crippen LogP contribution in [0.25, 0.3) is 11.4 Å². The second kappa shape index (κ2) is 8.06. The SMILES string of the molecule is CCN(CC(O)c1ccc(C)cc1)c1cc(C)nc(-c2cccnc2)n1. The number of likely N-dealkylation sites (N-methyl/N-ethyl adjacent to an activating group) is 1. The van der Waals surface area contributed by atoms with Gasteiger partial charge in [0.05, 0.1) is 6.10 Å². The molecule has 1 aromatic carbocycles. The Morgan fingerprint density at radius 2 is 1.85 bits per heavy atom. The summed E-state index contributed by atoms with van der Waals surface area (Å²) in [6, 6.07) is 13.8. The van der Waals surface area contributed by atoms with Crippen molar-refractivity contribution >= 4 is 5.82 Å². The Bertz CT molecular complexity index is 850. The maximum absolute atomic E-state index is 10.6. The number of aliphatic hydroxyl groups excluding tert-OH is 1. The van der Waals surface area contributed by atoms with Crippen LogP contribution in [0.2, 0.25) is 0 Å². The van der Waals surface area contributed by atoms with Gasteiger partial charge in [0, 0.05) is 42.8 Å². The van der Waals surface area contributed by atoms with Gasteiger partial charge in [0.15, 0.2) is 5.82 Å². The predicted molar refractivity (Wildman–Crippen MR) is 104 cm³/mol. The molecular formula is C21H24N4O. The van der Waals surface area contributed by atoms with Crippen molar-refractivity contribution in [3.63, 3.8) is 0 Å². The molecule has 26 heavy (non-hydrogen) atoms. The molecule has 0 aliphatic rings. The minimum Gasteiger partial charge on any atom is -0.387 e. The molecule has 0 aliphatic heterocycles. The third kappa shape index (κ3) is 4.24. The Kier molecular flexibility index (Phi) is 5.58. The molecule has 0 radical (unpaired) electrons. The molecule has 0 spiro atoms. The minimum absolute atomic E-state index is 0.475. The van der Waals surface area contributed by atoms with E-state index in [0.29, 0.717) is 12.4 Å². The molecule has 3 rings (SSSR count). The molecule has 2 heterocycles. The van der Waals surface area contributed by atoms with Gasteiger partial charge in [0.2, 0.25) is 0 Å². The molecule has 3 aromatic rings. The Morgan fingerprint density at radius 1 is 1.08 bits per heavy atom. The monoisotopic (exact) mass is 348 g/mol. The maximum atomic E-state index is 10.6. The average molecular weight is 348 g/mol. The van der Waals surface area contributed by atoms with Crippen LogP contribution in [0, 0.1) is 13.8 Å². The number of nitrogens with zero attached hydrogens (tertiary/aromatic N) is 4. The molecule has 5 nitrogen and oxygen atoms in total. The molecule has 1 N–H and O–H groups in total. The first-order valence-corrected chi connectivity index (χ1v) is 8.82. The maximum Gasteiger partial charge on any atom is 0.163 e. The first-order valence-electron chi connectivity index (χ1n) is 8.82. The summed E-state index contributed by atoms with van der Waals surface area (Å²) < 4.78 is 0. The summed E-state index contributed by atoms with van der Waals surface area (Å²) in [5.41, 5.74) is 3.86. The first-order chi connectivity index (χ1) is 12.6. The van der Waals surface area contributed by atoms with Crippen LogP contribution in [0.3, 0.4) is 0 Å². The quantitative estimate of drug-likeness (QED) is 0.736. The van der Waals surface area contributed by atoms with Gasteiger partial charge in [-0.3, -0.25) is 4.98 Å². The summed E-state index contributed by atoms with van der Waals surface area (Å²) in [5, 5.41) is 10.6. The highest BCUT2D eigenvalue weighted by Crippen LogP contribution is 2.22. The van der Waals surface area contributed by atoms with E-state index in [1.807, 2.05) is 56.3 Å². The number of aromatic nitrogens is 3. The highest BCUT2D eigenvalue weighted by molar-refractivity contribution is 5.56. The zero-order valence-electron chi connectivity index (χ0n) is 15.4. The van der Waals surface area contributed by atoms with Crippen LogP contribution < -0.4 is 4.90 Å². The van der Waals surface area contributed by atoms with E-state index in [1.54, 1.807) is 12.4 Å². The number of aryl methyl sites for hydroxylation is 2. The number of anilines is 1. The molecule has 0 saturated carbocycles. The van der Waals surface area contributed by atoms with Crippen LogP contribution in [0.5, 0.6) is 0 Å². The molecule has 1 atom stereocenters. The highest BCUT2D eigenvalue weighted by atomic mass is 16.3. The van der Waals surface area contributed by atoms with Crippen LogP contribution in [0.15, 0.2) is 54.9 Å². The topological polar surface area (TPSA) is 62.1 Å². The number of aliphatic hydroxyl groups is 1. The summed E-state index contributed by atoms with van der Waals surface area (Å²) in [6.07, 6.45) is 2.92. The van der Waals surface area contributed by atoms with Crippen molar-refractivity contribution in [1.82, 2.24) is 15.0 Å². The van der Waals surface area contributed by atoms with Gasteiger partial charge >= 0.3 is 0 Å². The van der Waals surface area contributed by atoms with Gasteiger partial charge in [0.1, 0.15) is 5.82 Å². The standard InChI is InChI=1S/C21H24N4O/c1-4-25(14-19(26)17-9-7-15(2)8-10-17)20-12-16(3)23-21(24-20)18-6-5-11-22-13-18/h5-13,19,26H,4,14H2,1-3H3. The largest absolute Gasteiger partial charge is 0.387 e. The first kappa shape index (κ1) is 18.0. The summed E-state index contributed by atoms with van der Waals surface area (Å²) in [5.74, 6) is 1.46. The second-order valence-corrected chi connectivity index (χ2v) is 6.40. The Labute approximate surface area is 154 Å². The van der Waals surface area contributed by atoms with Crippen molar-refractivity contribution in [1.29, 1.82) is 0 Å². The number of hydrogen-bond donors (Lipinski definition) is 1. The van der Waals surface area contributed by atoms with E-state index >= 15 is 0 Å². The van der Waals surface area contributed by atoms with E-state index in [9.17, 15) is 5.11 Å². The van der Waals surface area contributed by atoms with Gasteiger partial charge in [-0.15, -0.1) is 0 Å². The van der Waals surface area contributed by atoms with E-state index in [4.69, 9.17) is 4.98 Å². The summed E-state index contributed by atoms with van der Waals surface area (Å²) in [6.45, 7) is 7.27. The molecule has 5 heteroatoms. The van der Waals surface area contributed by atoms with Crippen LogP contribution in [-0.4, -0.2) is 33.1 Å². The molecule has 0 bridgehead atoms. The molecule has 0 aliphatic carbocycles. The number of rotatable bonds is 6. The predicted octanol–water partition coefficient (Wildman–Crippen LogP) is 3.72. The highest BCUT2D eigenvalue weighted by Gasteiger charge is 2.16. The van der Waals surface area contributed by atoms with Gasteiger partial charge in [-0.25, -0.2) is 9.97 Å². The van der Waals surface area contributed by atoms with E-state index in [1.165, 1.54) is 5.56 Å². The van der Waals surface area contributed by atoms with Gasteiger partial charge < -0.3 is 10.0 Å². The fraction of sp³-hybridized carbons (Fsp3) is 0.286. The number of hydrogen-bond acceptors (Lipinski definition) is 5. The van der Waals surface area contributed by atoms with Gasteiger partial charge in [0.25, 0.3) is 0 Å². The van der Waals surface area contributed by atoms with Gasteiger partial charge in [-0.1, -0.05) is 29.8 Å². The van der Waals surface area contributed by atoms with Crippen LogP contribution in [0.4, 0.5) is 5.82 Å². The lowest BCUT2D eigenvalue weighted by atomic mass is 10.1. The molecule has 0 amide bonds. The van der Waals surface area contributed by atoms with E-state index in [-0.39, 0.29) is 0 Å². The van der Waals surface area contributed by atoms with Crippen molar-refractivity contribution in [2.45, 2.75) is 26.9 Å². The summed E-state index contributed by atoms with van der Waals surface area (Å²) in [7, 11) is 0. The van der Waals surface area contributed by atoms with Crippen LogP contribution in [-0.2, 0) is 0 Å². The summed E-state index contributed by atoms with van der Waals surface area (Å²) >= 11 is 0. The number of benzene rings is 1. The molecule has 134 valence electrons. The van der Waals surface area contributed by atoms with Crippen molar-refractivity contribution in [2.24, 2.45) is 0 Å². The molecule has 0 saturated heterocycles. The molecule has 0 fully saturated rings. The lowest BCUT2D eigenvalue weighted by molar-refractivity contribution is 0.183. The lowest BCUT2D eigenvalue weighted by Gasteiger charge is -2.25.